The lowest BCUT2D eigenvalue weighted by atomic mass is 9.79. The number of nitrogens with two attached hydrogens (primary N) is 1. The lowest BCUT2D eigenvalue weighted by Gasteiger charge is -2.32. The van der Waals surface area contributed by atoms with Crippen molar-refractivity contribution in [1.29, 1.82) is 0 Å². The first kappa shape index (κ1) is 28.5. The van der Waals surface area contributed by atoms with Crippen molar-refractivity contribution in [2.75, 3.05) is 6.61 Å². The van der Waals surface area contributed by atoms with Crippen molar-refractivity contribution in [3.63, 3.8) is 0 Å². The van der Waals surface area contributed by atoms with Gasteiger partial charge in [0.1, 0.15) is 36.1 Å². The lowest BCUT2D eigenvalue weighted by Crippen LogP contribution is -2.41. The van der Waals surface area contributed by atoms with Crippen LogP contribution in [-0.4, -0.2) is 54.7 Å². The zero-order chi connectivity index (χ0) is 28.0. The van der Waals surface area contributed by atoms with E-state index in [0.29, 0.717) is 6.07 Å². The summed E-state index contributed by atoms with van der Waals surface area (Å²) in [6.07, 6.45) is 2.38. The molecule has 2 aromatic heterocycles. The van der Waals surface area contributed by atoms with Crippen molar-refractivity contribution in [1.82, 2.24) is 19.7 Å². The van der Waals surface area contributed by atoms with Crippen molar-refractivity contribution in [3.8, 4) is 0 Å². The minimum atomic E-state index is -2.16. The summed E-state index contributed by atoms with van der Waals surface area (Å²) >= 11 is 0. The van der Waals surface area contributed by atoms with Crippen LogP contribution >= 0.6 is 0 Å². The summed E-state index contributed by atoms with van der Waals surface area (Å²) in [5.41, 5.74) is 2.65. The highest BCUT2D eigenvalue weighted by Crippen LogP contribution is 2.39. The molecule has 0 aliphatic rings. The minimum absolute atomic E-state index is 0.118. The lowest BCUT2D eigenvalue weighted by molar-refractivity contribution is -0.754. The third-order valence-electron chi connectivity index (χ3n) is 5.88. The highest BCUT2D eigenvalue weighted by molar-refractivity contribution is 5.73. The molecule has 0 amide bonds. The number of aliphatic hydroxyl groups is 1. The maximum absolute atomic E-state index is 14.8. The van der Waals surface area contributed by atoms with E-state index >= 15 is 0 Å². The molecule has 1 aromatic carbocycles. The van der Waals surface area contributed by atoms with E-state index in [4.69, 9.17) is 20.3 Å². The number of carboxylic acid groups (broad SMARTS) is 1. The van der Waals surface area contributed by atoms with Crippen molar-refractivity contribution >= 4 is 12.1 Å². The van der Waals surface area contributed by atoms with E-state index in [0.717, 1.165) is 24.7 Å². The average molecular weight is 539 g/mol. The maximum Gasteiger partial charge on any atom is 0.511 e. The molecular weight excluding hydrogens is 513 g/mol. The molecule has 0 saturated carbocycles. The smallest absolute Gasteiger partial charge is 0.480 e. The first-order valence-electron chi connectivity index (χ1n) is 11.3. The van der Waals surface area contributed by atoms with E-state index in [-0.39, 0.29) is 24.3 Å². The summed E-state index contributed by atoms with van der Waals surface area (Å²) in [6.45, 7) is 2.18. The number of halogens is 3. The quantitative estimate of drug-likeness (QED) is 0.240. The van der Waals surface area contributed by atoms with Crippen LogP contribution in [0.1, 0.15) is 43.7 Å². The molecule has 0 aliphatic carbocycles. The van der Waals surface area contributed by atoms with Crippen LogP contribution in [0.2, 0.25) is 0 Å². The molecule has 2 unspecified atom stereocenters. The fourth-order valence-electron chi connectivity index (χ4n) is 3.65. The van der Waals surface area contributed by atoms with Gasteiger partial charge in [0, 0.05) is 36.0 Å². The molecule has 0 spiro atoms. The highest BCUT2D eigenvalue weighted by atomic mass is 19.1. The van der Waals surface area contributed by atoms with Crippen LogP contribution in [0, 0.1) is 17.5 Å². The molecule has 4 N–H and O–H groups in total. The number of hydrogen-bond donors (Lipinski definition) is 3. The highest BCUT2D eigenvalue weighted by Gasteiger charge is 2.43. The Hall–Kier alpha value is -4.11. The summed E-state index contributed by atoms with van der Waals surface area (Å²) in [5.74, 6) is -5.15. The summed E-state index contributed by atoms with van der Waals surface area (Å²) < 4.78 is 55.3. The van der Waals surface area contributed by atoms with Crippen molar-refractivity contribution in [2.45, 2.75) is 50.6 Å². The molecular formula is C23H26F3N6O6+. The van der Waals surface area contributed by atoms with Crippen LogP contribution in [-0.2, 0) is 26.4 Å². The first-order valence-corrected chi connectivity index (χ1v) is 11.3. The number of carbonyl (C=O) groups excluding carboxylic acids is 1. The second kappa shape index (κ2) is 12.0. The predicted molar refractivity (Wildman–Crippen MR) is 120 cm³/mol. The molecule has 4 atom stereocenters. The molecule has 0 bridgehead atoms. The van der Waals surface area contributed by atoms with Gasteiger partial charge in [-0.2, -0.15) is 4.57 Å². The number of ether oxygens (including phenoxy) is 2. The van der Waals surface area contributed by atoms with Crippen molar-refractivity contribution in [2.24, 2.45) is 5.73 Å². The fourth-order valence-corrected chi connectivity index (χ4v) is 3.65. The van der Waals surface area contributed by atoms with Gasteiger partial charge in [0.05, 0.1) is 18.5 Å². The van der Waals surface area contributed by atoms with E-state index in [1.54, 1.807) is 0 Å². The topological polar surface area (TPSA) is 167 Å². The van der Waals surface area contributed by atoms with E-state index < -0.39 is 59.9 Å². The monoisotopic (exact) mass is 539 g/mol. The van der Waals surface area contributed by atoms with Gasteiger partial charge in [-0.05, 0) is 6.07 Å². The van der Waals surface area contributed by atoms with E-state index in [2.05, 4.69) is 15.1 Å². The molecule has 204 valence electrons. The Morgan fingerprint density at radius 1 is 1.24 bits per heavy atom. The Balaban J connectivity index is 1.80. The number of aromatic nitrogens is 5. The van der Waals surface area contributed by atoms with E-state index in [1.807, 2.05) is 0 Å². The average Bonchev–Trinajstić information content (AvgIpc) is 3.32. The van der Waals surface area contributed by atoms with Crippen molar-refractivity contribution in [3.05, 3.63) is 72.1 Å². The number of hydrogen-bond acceptors (Lipinski definition) is 9. The van der Waals surface area contributed by atoms with E-state index in [9.17, 15) is 27.9 Å². The maximum atomic E-state index is 14.8. The third kappa shape index (κ3) is 6.60. The van der Waals surface area contributed by atoms with Crippen LogP contribution in [0.5, 0.6) is 0 Å². The number of carboxylic acids is 1. The van der Waals surface area contributed by atoms with Gasteiger partial charge in [0.2, 0.25) is 12.6 Å². The van der Waals surface area contributed by atoms with Gasteiger partial charge in [-0.15, -0.1) is 4.68 Å². The molecule has 12 nitrogen and oxygen atoms in total. The minimum Gasteiger partial charge on any atom is -0.480 e. The normalized spacial score (nSPS) is 15.2. The Kier molecular flexibility index (Phi) is 8.96. The number of nitrogens with zero attached hydrogens (tertiary/aromatic N) is 5. The van der Waals surface area contributed by atoms with Gasteiger partial charge < -0.3 is 25.4 Å². The molecule has 0 saturated heterocycles. The summed E-state index contributed by atoms with van der Waals surface area (Å²) in [6, 6.07) is 1.41. The van der Waals surface area contributed by atoms with Crippen LogP contribution in [0.3, 0.4) is 0 Å². The summed E-state index contributed by atoms with van der Waals surface area (Å²) in [4.78, 5) is 30.1. The molecule has 0 fully saturated rings. The molecule has 2 heterocycles. The Morgan fingerprint density at radius 2 is 1.97 bits per heavy atom. The Morgan fingerprint density at radius 3 is 2.63 bits per heavy atom. The summed E-state index contributed by atoms with van der Waals surface area (Å²) in [7, 11) is 0. The summed E-state index contributed by atoms with van der Waals surface area (Å²) in [5, 5.41) is 24.5. The van der Waals surface area contributed by atoms with Crippen LogP contribution < -0.4 is 10.3 Å². The predicted octanol–water partition coefficient (Wildman–Crippen LogP) is 1.54. The van der Waals surface area contributed by atoms with Gasteiger partial charge in [0.15, 0.2) is 5.82 Å². The van der Waals surface area contributed by atoms with Gasteiger partial charge >= 0.3 is 12.1 Å². The standard InChI is InChI=1S/C23H25F3N6O6/c1-13(20-18(26)8-28-10-29-20)23(36,16-4-3-15(24)7-17(16)25)9-32-12-31(11-30-32)14(2)38-22(35)37-6-5-19(27)21(33)34/h3-4,7-8,10-14,19,36H,5-6,9,27H2,1-2H3/p+1/t13-,14?,19+,23?/m0/s1. The van der Waals surface area contributed by atoms with Crippen molar-refractivity contribution < 1.29 is 47.0 Å². The molecule has 15 heteroatoms. The van der Waals surface area contributed by atoms with Gasteiger partial charge in [-0.3, -0.25) is 4.79 Å². The first-order chi connectivity index (χ1) is 17.9. The van der Waals surface area contributed by atoms with Crippen LogP contribution in [0.25, 0.3) is 0 Å². The number of aliphatic carboxylic acids is 1. The molecule has 0 aliphatic heterocycles. The zero-order valence-corrected chi connectivity index (χ0v) is 20.4. The van der Waals surface area contributed by atoms with Crippen LogP contribution in [0.4, 0.5) is 18.0 Å². The second-order valence-electron chi connectivity index (χ2n) is 8.47. The van der Waals surface area contributed by atoms with Gasteiger partial charge in [0.25, 0.3) is 6.33 Å². The third-order valence-corrected chi connectivity index (χ3v) is 5.88. The largest absolute Gasteiger partial charge is 0.511 e. The van der Waals surface area contributed by atoms with E-state index in [1.165, 1.54) is 35.8 Å². The SMILES string of the molecule is CC(OC(=O)OCC[C@@H](N)C(=O)O)[n+]1cnn(CC(O)(c2ccc(F)cc2F)[C@@H](C)c2ncncc2F)c1. The molecule has 3 rings (SSSR count). The second-order valence-corrected chi connectivity index (χ2v) is 8.47. The fraction of sp³-hybridized carbons (Fsp3) is 0.391. The number of benzene rings is 1. The molecule has 38 heavy (non-hydrogen) atoms. The Bertz CT molecular complexity index is 1290. The van der Waals surface area contributed by atoms with Gasteiger partial charge in [-0.1, -0.05) is 13.0 Å². The molecule has 3 aromatic rings. The molecule has 0 radical (unpaired) electrons. The number of rotatable bonds is 11. The number of carbonyl (C=O) groups is 2. The van der Waals surface area contributed by atoms with Gasteiger partial charge in [-0.25, -0.2) is 27.9 Å². The Labute approximate surface area is 214 Å². The zero-order valence-electron chi connectivity index (χ0n) is 20.4. The van der Waals surface area contributed by atoms with Crippen LogP contribution in [0.15, 0.2) is 43.4 Å².